The van der Waals surface area contributed by atoms with Crippen LogP contribution in [0.1, 0.15) is 46.6 Å². The second-order valence-electron chi connectivity index (χ2n) is 7.91. The standard InChI is InChI=1S/C19H29BrN2O2/c1-6-24-15-11-19(21,18(15,4)5)16(23)22-12-17(2,3)13-7-9-14(20)10-8-13/h7-10,15H,6,11-12,21H2,1-5H3,(H,22,23). The van der Waals surface area contributed by atoms with Crippen molar-refractivity contribution in [3.05, 3.63) is 34.3 Å². The van der Waals surface area contributed by atoms with E-state index in [2.05, 4.69) is 47.2 Å². The van der Waals surface area contributed by atoms with Gasteiger partial charge in [-0.05, 0) is 24.6 Å². The van der Waals surface area contributed by atoms with Gasteiger partial charge < -0.3 is 15.8 Å². The second kappa shape index (κ2) is 6.77. The lowest BCUT2D eigenvalue weighted by Gasteiger charge is -2.57. The van der Waals surface area contributed by atoms with Crippen LogP contribution in [0, 0.1) is 5.41 Å². The smallest absolute Gasteiger partial charge is 0.240 e. The van der Waals surface area contributed by atoms with Crippen molar-refractivity contribution in [2.45, 2.75) is 58.1 Å². The number of carbonyl (C=O) groups is 1. The van der Waals surface area contributed by atoms with Crippen LogP contribution in [0.5, 0.6) is 0 Å². The van der Waals surface area contributed by atoms with Gasteiger partial charge >= 0.3 is 0 Å². The summed E-state index contributed by atoms with van der Waals surface area (Å²) < 4.78 is 6.75. The molecule has 0 spiro atoms. The van der Waals surface area contributed by atoms with Crippen LogP contribution in [-0.4, -0.2) is 30.7 Å². The summed E-state index contributed by atoms with van der Waals surface area (Å²) in [6, 6.07) is 8.19. The Bertz CT molecular complexity index is 598. The molecule has 0 saturated heterocycles. The Morgan fingerprint density at radius 2 is 1.96 bits per heavy atom. The Morgan fingerprint density at radius 1 is 1.38 bits per heavy atom. The SMILES string of the molecule is CCOC1CC(N)(C(=O)NCC(C)(C)c2ccc(Br)cc2)C1(C)C. The van der Waals surface area contributed by atoms with E-state index >= 15 is 0 Å². The number of benzene rings is 1. The molecule has 1 saturated carbocycles. The molecular weight excluding hydrogens is 368 g/mol. The van der Waals surface area contributed by atoms with E-state index in [0.717, 1.165) is 4.47 Å². The van der Waals surface area contributed by atoms with E-state index in [4.69, 9.17) is 10.5 Å². The lowest BCUT2D eigenvalue weighted by molar-refractivity contribution is -0.170. The number of hydrogen-bond donors (Lipinski definition) is 2. The number of nitrogens with two attached hydrogens (primary N) is 1. The largest absolute Gasteiger partial charge is 0.378 e. The number of halogens is 1. The third-order valence-corrected chi connectivity index (χ3v) is 6.08. The van der Waals surface area contributed by atoms with Crippen molar-refractivity contribution in [2.24, 2.45) is 11.1 Å². The van der Waals surface area contributed by atoms with Gasteiger partial charge in [0.25, 0.3) is 0 Å². The lowest BCUT2D eigenvalue weighted by Crippen LogP contribution is -2.76. The van der Waals surface area contributed by atoms with Crippen LogP contribution < -0.4 is 11.1 Å². The number of amides is 1. The molecule has 0 aliphatic heterocycles. The van der Waals surface area contributed by atoms with Crippen molar-refractivity contribution >= 4 is 21.8 Å². The van der Waals surface area contributed by atoms with Crippen molar-refractivity contribution in [3.8, 4) is 0 Å². The summed E-state index contributed by atoms with van der Waals surface area (Å²) in [6.07, 6.45) is 0.607. The van der Waals surface area contributed by atoms with E-state index in [1.54, 1.807) is 0 Å². The van der Waals surface area contributed by atoms with Crippen molar-refractivity contribution < 1.29 is 9.53 Å². The van der Waals surface area contributed by atoms with Crippen molar-refractivity contribution in [1.82, 2.24) is 5.32 Å². The Balaban J connectivity index is 2.01. The van der Waals surface area contributed by atoms with E-state index in [9.17, 15) is 4.79 Å². The molecule has 134 valence electrons. The fraction of sp³-hybridized carbons (Fsp3) is 0.632. The number of nitrogens with one attached hydrogen (secondary N) is 1. The predicted octanol–water partition coefficient (Wildman–Crippen LogP) is 3.38. The maximum Gasteiger partial charge on any atom is 0.240 e. The Morgan fingerprint density at radius 3 is 2.46 bits per heavy atom. The topological polar surface area (TPSA) is 64.3 Å². The molecule has 1 aromatic carbocycles. The van der Waals surface area contributed by atoms with Crippen LogP contribution in [0.15, 0.2) is 28.7 Å². The minimum atomic E-state index is -0.872. The maximum absolute atomic E-state index is 12.7. The van der Waals surface area contributed by atoms with Crippen molar-refractivity contribution in [2.75, 3.05) is 13.2 Å². The zero-order valence-corrected chi connectivity index (χ0v) is 16.9. The van der Waals surface area contributed by atoms with Crippen LogP contribution in [-0.2, 0) is 14.9 Å². The highest BCUT2D eigenvalue weighted by molar-refractivity contribution is 9.10. The molecule has 1 aromatic rings. The summed E-state index contributed by atoms with van der Waals surface area (Å²) >= 11 is 3.45. The molecule has 1 amide bonds. The molecule has 4 nitrogen and oxygen atoms in total. The molecular formula is C19H29BrN2O2. The summed E-state index contributed by atoms with van der Waals surface area (Å²) in [6.45, 7) is 11.4. The average Bonchev–Trinajstić information content (AvgIpc) is 2.52. The average molecular weight is 397 g/mol. The molecule has 1 fully saturated rings. The summed E-state index contributed by atoms with van der Waals surface area (Å²) in [4.78, 5) is 12.7. The van der Waals surface area contributed by atoms with Gasteiger partial charge in [0.1, 0.15) is 5.54 Å². The quantitative estimate of drug-likeness (QED) is 0.774. The van der Waals surface area contributed by atoms with Gasteiger partial charge in [0.15, 0.2) is 0 Å². The van der Waals surface area contributed by atoms with Gasteiger partial charge in [-0.15, -0.1) is 0 Å². The normalized spacial score (nSPS) is 25.9. The molecule has 1 aliphatic rings. The first kappa shape index (κ1) is 19.4. The van der Waals surface area contributed by atoms with Gasteiger partial charge in [-0.25, -0.2) is 0 Å². The Kier molecular flexibility index (Phi) is 5.48. The predicted molar refractivity (Wildman–Crippen MR) is 101 cm³/mol. The van der Waals surface area contributed by atoms with Crippen molar-refractivity contribution in [3.63, 3.8) is 0 Å². The van der Waals surface area contributed by atoms with Crippen molar-refractivity contribution in [1.29, 1.82) is 0 Å². The fourth-order valence-electron chi connectivity index (χ4n) is 3.28. The summed E-state index contributed by atoms with van der Waals surface area (Å²) in [7, 11) is 0. The molecule has 24 heavy (non-hydrogen) atoms. The van der Waals surface area contributed by atoms with E-state index in [-0.39, 0.29) is 22.8 Å². The Hall–Kier alpha value is -0.910. The summed E-state index contributed by atoms with van der Waals surface area (Å²) in [5, 5.41) is 3.07. The van der Waals surface area contributed by atoms with Gasteiger partial charge in [-0.3, -0.25) is 4.79 Å². The fourth-order valence-corrected chi connectivity index (χ4v) is 3.55. The number of rotatable bonds is 6. The molecule has 0 radical (unpaired) electrons. The first-order chi connectivity index (χ1) is 11.0. The minimum Gasteiger partial charge on any atom is -0.378 e. The maximum atomic E-state index is 12.7. The molecule has 2 rings (SSSR count). The molecule has 0 heterocycles. The molecule has 2 atom stereocenters. The number of ether oxygens (including phenoxy) is 1. The highest BCUT2D eigenvalue weighted by atomic mass is 79.9. The molecule has 1 aliphatic carbocycles. The van der Waals surface area contributed by atoms with Gasteiger partial charge in [0, 0.05) is 34.9 Å². The highest BCUT2D eigenvalue weighted by Crippen LogP contribution is 2.49. The first-order valence-corrected chi connectivity index (χ1v) is 9.29. The van der Waals surface area contributed by atoms with Gasteiger partial charge in [0.05, 0.1) is 6.10 Å². The molecule has 5 heteroatoms. The minimum absolute atomic E-state index is 0.0396. The molecule has 2 unspecified atom stereocenters. The third-order valence-electron chi connectivity index (χ3n) is 5.55. The molecule has 0 bridgehead atoms. The van der Waals surface area contributed by atoms with E-state index < -0.39 is 5.54 Å². The first-order valence-electron chi connectivity index (χ1n) is 8.49. The van der Waals surface area contributed by atoms with Gasteiger partial charge in [0.2, 0.25) is 5.91 Å². The van der Waals surface area contributed by atoms with E-state index in [0.29, 0.717) is 19.6 Å². The Labute approximate surface area is 153 Å². The van der Waals surface area contributed by atoms with Crippen LogP contribution >= 0.6 is 15.9 Å². The van der Waals surface area contributed by atoms with E-state index in [1.165, 1.54) is 5.56 Å². The monoisotopic (exact) mass is 396 g/mol. The highest BCUT2D eigenvalue weighted by Gasteiger charge is 2.62. The third kappa shape index (κ3) is 3.39. The molecule has 3 N–H and O–H groups in total. The molecule has 0 aromatic heterocycles. The lowest BCUT2D eigenvalue weighted by atomic mass is 9.54. The van der Waals surface area contributed by atoms with E-state index in [1.807, 2.05) is 32.9 Å². The summed E-state index contributed by atoms with van der Waals surface area (Å²) in [5.41, 5.74) is 6.21. The second-order valence-corrected chi connectivity index (χ2v) is 8.83. The van der Waals surface area contributed by atoms with Crippen LogP contribution in [0.3, 0.4) is 0 Å². The van der Waals surface area contributed by atoms with Crippen LogP contribution in [0.4, 0.5) is 0 Å². The van der Waals surface area contributed by atoms with Crippen LogP contribution in [0.25, 0.3) is 0 Å². The van der Waals surface area contributed by atoms with Gasteiger partial charge in [-0.2, -0.15) is 0 Å². The summed E-state index contributed by atoms with van der Waals surface area (Å²) in [5.74, 6) is -0.0892. The van der Waals surface area contributed by atoms with Crippen LogP contribution in [0.2, 0.25) is 0 Å². The van der Waals surface area contributed by atoms with Gasteiger partial charge in [-0.1, -0.05) is 55.8 Å². The number of hydrogen-bond acceptors (Lipinski definition) is 3. The zero-order chi connectivity index (χ0) is 18.2. The number of carbonyl (C=O) groups excluding carboxylic acids is 1. The zero-order valence-electron chi connectivity index (χ0n) is 15.3.